The molecule has 21 heavy (non-hydrogen) atoms. The maximum Gasteiger partial charge on any atom is 0.316 e. The zero-order chi connectivity index (χ0) is 15.1. The lowest BCUT2D eigenvalue weighted by atomic mass is 9.92. The van der Waals surface area contributed by atoms with Crippen LogP contribution in [0.4, 0.5) is 0 Å². The van der Waals surface area contributed by atoms with Gasteiger partial charge in [0.15, 0.2) is 0 Å². The van der Waals surface area contributed by atoms with Gasteiger partial charge in [-0.1, -0.05) is 20.3 Å². The summed E-state index contributed by atoms with van der Waals surface area (Å²) in [6.07, 6.45) is 9.00. The molecule has 1 aromatic rings. The zero-order valence-corrected chi connectivity index (χ0v) is 12.9. The van der Waals surface area contributed by atoms with Crippen LogP contribution in [0.5, 0.6) is 6.01 Å². The Morgan fingerprint density at radius 2 is 2.00 bits per heavy atom. The van der Waals surface area contributed by atoms with Crippen LogP contribution in [0.3, 0.4) is 0 Å². The molecule has 1 unspecified atom stereocenters. The Hall–Kier alpha value is -1.65. The van der Waals surface area contributed by atoms with Crippen LogP contribution in [0.25, 0.3) is 0 Å². The van der Waals surface area contributed by atoms with Crippen molar-refractivity contribution in [3.05, 3.63) is 18.5 Å². The summed E-state index contributed by atoms with van der Waals surface area (Å²) < 4.78 is 5.76. The first-order valence-electron chi connectivity index (χ1n) is 7.90. The number of aromatic nitrogens is 2. The Labute approximate surface area is 126 Å². The van der Waals surface area contributed by atoms with Gasteiger partial charge in [0, 0.05) is 24.9 Å². The summed E-state index contributed by atoms with van der Waals surface area (Å²) in [7, 11) is 0. The smallest absolute Gasteiger partial charge is 0.316 e. The van der Waals surface area contributed by atoms with Crippen LogP contribution in [-0.4, -0.2) is 28.0 Å². The Kier molecular flexibility index (Phi) is 5.96. The van der Waals surface area contributed by atoms with Gasteiger partial charge in [0.2, 0.25) is 5.91 Å². The van der Waals surface area contributed by atoms with E-state index in [1.165, 1.54) is 0 Å². The van der Waals surface area contributed by atoms with Crippen LogP contribution in [0.2, 0.25) is 0 Å². The van der Waals surface area contributed by atoms with E-state index in [1.54, 1.807) is 18.5 Å². The summed E-state index contributed by atoms with van der Waals surface area (Å²) in [5.74, 6) is 0.639. The molecule has 0 saturated heterocycles. The normalized spacial score (nSPS) is 23.3. The first kappa shape index (κ1) is 15.7. The molecule has 1 saturated carbocycles. The molecule has 0 aromatic carbocycles. The van der Waals surface area contributed by atoms with Crippen molar-refractivity contribution in [1.82, 2.24) is 15.3 Å². The van der Waals surface area contributed by atoms with Gasteiger partial charge in [-0.3, -0.25) is 4.79 Å². The van der Waals surface area contributed by atoms with Gasteiger partial charge in [-0.25, -0.2) is 9.97 Å². The third kappa shape index (κ3) is 5.33. The van der Waals surface area contributed by atoms with E-state index in [4.69, 9.17) is 4.74 Å². The number of nitrogens with zero attached hydrogens (tertiary/aromatic N) is 2. The molecule has 1 atom stereocenters. The molecular weight excluding hydrogens is 266 g/mol. The monoisotopic (exact) mass is 291 g/mol. The Morgan fingerprint density at radius 3 is 2.62 bits per heavy atom. The maximum absolute atomic E-state index is 11.9. The fourth-order valence-corrected chi connectivity index (χ4v) is 2.57. The number of ether oxygens (including phenoxy) is 1. The molecule has 1 N–H and O–H groups in total. The minimum absolute atomic E-state index is 0.162. The van der Waals surface area contributed by atoms with Crippen molar-refractivity contribution in [1.29, 1.82) is 0 Å². The highest BCUT2D eigenvalue weighted by Crippen LogP contribution is 2.22. The molecule has 2 rings (SSSR count). The first-order valence-corrected chi connectivity index (χ1v) is 7.90. The van der Waals surface area contributed by atoms with Gasteiger partial charge in [-0.15, -0.1) is 0 Å². The molecule has 1 aliphatic carbocycles. The summed E-state index contributed by atoms with van der Waals surface area (Å²) in [5, 5.41) is 3.14. The lowest BCUT2D eigenvalue weighted by Crippen LogP contribution is -2.40. The molecule has 0 aliphatic heterocycles. The third-order valence-electron chi connectivity index (χ3n) is 4.08. The molecule has 1 fully saturated rings. The number of carbonyl (C=O) groups is 1. The number of rotatable bonds is 6. The molecule has 1 aromatic heterocycles. The van der Waals surface area contributed by atoms with Crippen LogP contribution < -0.4 is 10.1 Å². The fraction of sp³-hybridized carbons (Fsp3) is 0.688. The molecule has 0 radical (unpaired) electrons. The van der Waals surface area contributed by atoms with Crippen molar-refractivity contribution in [2.45, 2.75) is 64.5 Å². The molecule has 1 aliphatic rings. The Morgan fingerprint density at radius 1 is 1.33 bits per heavy atom. The van der Waals surface area contributed by atoms with Gasteiger partial charge >= 0.3 is 6.01 Å². The predicted octanol–water partition coefficient (Wildman–Crippen LogP) is 2.72. The molecule has 1 amide bonds. The molecule has 0 spiro atoms. The van der Waals surface area contributed by atoms with Gasteiger partial charge in [0.05, 0.1) is 0 Å². The SMILES string of the molecule is CCC(C)CC(=O)NC1CCC(Oc2ncccn2)CC1. The van der Waals surface area contributed by atoms with Crippen LogP contribution in [0, 0.1) is 5.92 Å². The number of nitrogens with one attached hydrogen (secondary N) is 1. The third-order valence-corrected chi connectivity index (χ3v) is 4.08. The van der Waals surface area contributed by atoms with E-state index < -0.39 is 0 Å². The van der Waals surface area contributed by atoms with Crippen LogP contribution >= 0.6 is 0 Å². The number of hydrogen-bond donors (Lipinski definition) is 1. The Bertz CT molecular complexity index is 430. The summed E-state index contributed by atoms with van der Waals surface area (Å²) in [4.78, 5) is 20.0. The highest BCUT2D eigenvalue weighted by atomic mass is 16.5. The standard InChI is InChI=1S/C16H25N3O2/c1-3-12(2)11-15(20)19-13-5-7-14(8-6-13)21-16-17-9-4-10-18-16/h4,9-10,12-14H,3,5-8,11H2,1-2H3,(H,19,20). The van der Waals surface area contributed by atoms with E-state index in [1.807, 2.05) is 0 Å². The van der Waals surface area contributed by atoms with Gasteiger partial charge < -0.3 is 10.1 Å². The minimum atomic E-state index is 0.162. The number of amides is 1. The summed E-state index contributed by atoms with van der Waals surface area (Å²) in [6, 6.07) is 2.51. The summed E-state index contributed by atoms with van der Waals surface area (Å²) >= 11 is 0. The van der Waals surface area contributed by atoms with E-state index in [2.05, 4.69) is 29.1 Å². The van der Waals surface area contributed by atoms with E-state index in [-0.39, 0.29) is 18.1 Å². The molecule has 0 bridgehead atoms. The van der Waals surface area contributed by atoms with Crippen molar-refractivity contribution < 1.29 is 9.53 Å². The van der Waals surface area contributed by atoms with E-state index >= 15 is 0 Å². The van der Waals surface area contributed by atoms with Crippen molar-refractivity contribution >= 4 is 5.91 Å². The molecule has 1 heterocycles. The largest absolute Gasteiger partial charge is 0.460 e. The second-order valence-electron chi connectivity index (χ2n) is 5.91. The zero-order valence-electron chi connectivity index (χ0n) is 12.9. The van der Waals surface area contributed by atoms with Crippen LogP contribution in [0.1, 0.15) is 52.4 Å². The highest BCUT2D eigenvalue weighted by molar-refractivity contribution is 5.76. The molecule has 5 heteroatoms. The molecular formula is C16H25N3O2. The Balaban J connectivity index is 1.69. The van der Waals surface area contributed by atoms with Gasteiger partial charge in [0.1, 0.15) is 6.10 Å². The van der Waals surface area contributed by atoms with Crippen molar-refractivity contribution in [3.63, 3.8) is 0 Å². The number of hydrogen-bond acceptors (Lipinski definition) is 4. The maximum atomic E-state index is 11.9. The van der Waals surface area contributed by atoms with E-state index in [0.29, 0.717) is 18.3 Å². The summed E-state index contributed by atoms with van der Waals surface area (Å²) in [5.41, 5.74) is 0. The van der Waals surface area contributed by atoms with Crippen molar-refractivity contribution in [2.75, 3.05) is 0 Å². The first-order chi connectivity index (χ1) is 10.2. The quantitative estimate of drug-likeness (QED) is 0.875. The lowest BCUT2D eigenvalue weighted by Gasteiger charge is -2.29. The van der Waals surface area contributed by atoms with Gasteiger partial charge in [-0.05, 0) is 37.7 Å². The average molecular weight is 291 g/mol. The molecule has 116 valence electrons. The van der Waals surface area contributed by atoms with Crippen molar-refractivity contribution in [2.24, 2.45) is 5.92 Å². The molecule has 5 nitrogen and oxygen atoms in total. The van der Waals surface area contributed by atoms with Crippen LogP contribution in [-0.2, 0) is 4.79 Å². The van der Waals surface area contributed by atoms with Gasteiger partial charge in [-0.2, -0.15) is 0 Å². The van der Waals surface area contributed by atoms with Gasteiger partial charge in [0.25, 0.3) is 0 Å². The van der Waals surface area contributed by atoms with E-state index in [0.717, 1.165) is 32.1 Å². The number of carbonyl (C=O) groups excluding carboxylic acids is 1. The topological polar surface area (TPSA) is 64.1 Å². The summed E-state index contributed by atoms with van der Waals surface area (Å²) in [6.45, 7) is 4.23. The lowest BCUT2D eigenvalue weighted by molar-refractivity contribution is -0.123. The highest BCUT2D eigenvalue weighted by Gasteiger charge is 2.24. The van der Waals surface area contributed by atoms with Crippen molar-refractivity contribution in [3.8, 4) is 6.01 Å². The second-order valence-corrected chi connectivity index (χ2v) is 5.91. The minimum Gasteiger partial charge on any atom is -0.460 e. The van der Waals surface area contributed by atoms with Crippen LogP contribution in [0.15, 0.2) is 18.5 Å². The van der Waals surface area contributed by atoms with E-state index in [9.17, 15) is 4.79 Å². The fourth-order valence-electron chi connectivity index (χ4n) is 2.57. The predicted molar refractivity (Wildman–Crippen MR) is 80.9 cm³/mol. The average Bonchev–Trinajstić information content (AvgIpc) is 2.50. The second kappa shape index (κ2) is 7.96.